The van der Waals surface area contributed by atoms with E-state index < -0.39 is 0 Å². The lowest BCUT2D eigenvalue weighted by atomic mass is 9.94. The highest BCUT2D eigenvalue weighted by Gasteiger charge is 2.11. The van der Waals surface area contributed by atoms with Crippen LogP contribution in [0.4, 0.5) is 0 Å². The summed E-state index contributed by atoms with van der Waals surface area (Å²) in [4.78, 5) is 12.3. The molecule has 0 spiro atoms. The minimum atomic E-state index is 0.0456. The summed E-state index contributed by atoms with van der Waals surface area (Å²) >= 11 is 0. The van der Waals surface area contributed by atoms with Crippen molar-refractivity contribution < 1.29 is 4.79 Å². The summed E-state index contributed by atoms with van der Waals surface area (Å²) < 4.78 is 0. The zero-order chi connectivity index (χ0) is 20.8. The Balaban J connectivity index is 1.85. The van der Waals surface area contributed by atoms with Crippen LogP contribution in [-0.2, 0) is 11.2 Å². The number of rotatable bonds is 7. The summed E-state index contributed by atoms with van der Waals surface area (Å²) in [6, 6.07) is 25.1. The first-order chi connectivity index (χ1) is 14.0. The third-order valence-electron chi connectivity index (χ3n) is 5.21. The standard InChI is InChI=1S/C28H28O/c1-5-8-23-11-13-25(14-12-23)26-17-15-24(16-18-26)21(3)19-28(22(4)29)27-10-7-6-9-20(27)2/h6-7,9-19H,3,5,8H2,1-2,4H3/b28-19-. The molecule has 146 valence electrons. The number of hydrogen-bond acceptors (Lipinski definition) is 1. The molecule has 0 N–H and O–H groups in total. The fraction of sp³-hybridized carbons (Fsp3) is 0.179. The Hall–Kier alpha value is -3.19. The van der Waals surface area contributed by atoms with Crippen molar-refractivity contribution in [3.63, 3.8) is 0 Å². The molecule has 3 rings (SSSR count). The van der Waals surface area contributed by atoms with E-state index >= 15 is 0 Å². The first-order valence-electron chi connectivity index (χ1n) is 10.2. The van der Waals surface area contributed by atoms with Gasteiger partial charge in [-0.25, -0.2) is 0 Å². The summed E-state index contributed by atoms with van der Waals surface area (Å²) in [6.07, 6.45) is 4.18. The molecule has 0 unspecified atom stereocenters. The van der Waals surface area contributed by atoms with Crippen LogP contribution in [0.3, 0.4) is 0 Å². The molecule has 0 atom stereocenters. The van der Waals surface area contributed by atoms with Crippen LogP contribution in [0.5, 0.6) is 0 Å². The number of Topliss-reactive ketones (excluding diaryl/α,β-unsaturated/α-hetero) is 1. The van der Waals surface area contributed by atoms with E-state index in [1.54, 1.807) is 6.92 Å². The molecule has 0 fully saturated rings. The Morgan fingerprint density at radius 2 is 1.48 bits per heavy atom. The Labute approximate surface area is 174 Å². The Morgan fingerprint density at radius 3 is 2.03 bits per heavy atom. The smallest absolute Gasteiger partial charge is 0.160 e. The van der Waals surface area contributed by atoms with Crippen LogP contribution in [0.2, 0.25) is 0 Å². The van der Waals surface area contributed by atoms with Crippen molar-refractivity contribution >= 4 is 16.9 Å². The van der Waals surface area contributed by atoms with Gasteiger partial charge in [0.25, 0.3) is 0 Å². The van der Waals surface area contributed by atoms with Crippen molar-refractivity contribution in [3.8, 4) is 11.1 Å². The summed E-state index contributed by atoms with van der Waals surface area (Å²) in [5, 5.41) is 0. The molecule has 0 aliphatic carbocycles. The lowest BCUT2D eigenvalue weighted by Crippen LogP contribution is -1.99. The van der Waals surface area contributed by atoms with Crippen molar-refractivity contribution in [1.29, 1.82) is 0 Å². The van der Waals surface area contributed by atoms with Crippen LogP contribution in [0.15, 0.2) is 85.5 Å². The van der Waals surface area contributed by atoms with Gasteiger partial charge in [0.2, 0.25) is 0 Å². The van der Waals surface area contributed by atoms with E-state index in [1.165, 1.54) is 16.7 Å². The molecule has 3 aromatic rings. The van der Waals surface area contributed by atoms with E-state index in [0.717, 1.165) is 35.1 Å². The predicted octanol–water partition coefficient (Wildman–Crippen LogP) is 7.30. The fourth-order valence-corrected chi connectivity index (χ4v) is 3.53. The van der Waals surface area contributed by atoms with Crippen molar-refractivity contribution in [1.82, 2.24) is 0 Å². The second-order valence-corrected chi connectivity index (χ2v) is 7.48. The molecule has 0 aromatic heterocycles. The molecule has 1 nitrogen and oxygen atoms in total. The van der Waals surface area contributed by atoms with Gasteiger partial charge in [0.1, 0.15) is 0 Å². The number of carbonyl (C=O) groups excluding carboxylic acids is 1. The van der Waals surface area contributed by atoms with Gasteiger partial charge in [-0.3, -0.25) is 4.79 Å². The van der Waals surface area contributed by atoms with Crippen LogP contribution in [0, 0.1) is 6.92 Å². The largest absolute Gasteiger partial charge is 0.294 e. The van der Waals surface area contributed by atoms with E-state index in [0.29, 0.717) is 5.57 Å². The number of benzene rings is 3. The third kappa shape index (κ3) is 5.00. The van der Waals surface area contributed by atoms with Crippen LogP contribution in [0.25, 0.3) is 22.3 Å². The van der Waals surface area contributed by atoms with Gasteiger partial charge in [0.15, 0.2) is 5.78 Å². The first-order valence-corrected chi connectivity index (χ1v) is 10.2. The van der Waals surface area contributed by atoms with Gasteiger partial charge in [-0.05, 0) is 65.3 Å². The molecule has 1 heteroatoms. The Morgan fingerprint density at radius 1 is 0.897 bits per heavy atom. The van der Waals surface area contributed by atoms with E-state index in [4.69, 9.17) is 0 Å². The number of allylic oxidation sites excluding steroid dienone is 3. The van der Waals surface area contributed by atoms with Crippen molar-refractivity contribution in [2.45, 2.75) is 33.6 Å². The Kier molecular flexibility index (Phi) is 6.61. The number of ketones is 1. The number of carbonyl (C=O) groups is 1. The molecular weight excluding hydrogens is 352 g/mol. The molecule has 29 heavy (non-hydrogen) atoms. The maximum Gasteiger partial charge on any atom is 0.160 e. The highest BCUT2D eigenvalue weighted by molar-refractivity contribution is 6.21. The van der Waals surface area contributed by atoms with Gasteiger partial charge in [-0.2, -0.15) is 0 Å². The second kappa shape index (κ2) is 9.34. The highest BCUT2D eigenvalue weighted by Crippen LogP contribution is 2.27. The van der Waals surface area contributed by atoms with E-state index in [9.17, 15) is 4.79 Å². The van der Waals surface area contributed by atoms with Crippen LogP contribution in [0.1, 0.15) is 42.5 Å². The van der Waals surface area contributed by atoms with Gasteiger partial charge < -0.3 is 0 Å². The van der Waals surface area contributed by atoms with Gasteiger partial charge >= 0.3 is 0 Å². The average Bonchev–Trinajstić information content (AvgIpc) is 2.73. The van der Waals surface area contributed by atoms with Crippen molar-refractivity contribution in [3.05, 3.63) is 108 Å². The quantitative estimate of drug-likeness (QED) is 0.310. The SMILES string of the molecule is C=C(/C=C(/C(C)=O)c1ccccc1C)c1ccc(-c2ccc(CCC)cc2)cc1. The summed E-state index contributed by atoms with van der Waals surface area (Å²) in [6.45, 7) is 10.0. The van der Waals surface area contributed by atoms with E-state index in [-0.39, 0.29) is 5.78 Å². The van der Waals surface area contributed by atoms with Crippen molar-refractivity contribution in [2.75, 3.05) is 0 Å². The fourth-order valence-electron chi connectivity index (χ4n) is 3.53. The average molecular weight is 381 g/mol. The molecule has 0 aliphatic rings. The van der Waals surface area contributed by atoms with Crippen molar-refractivity contribution in [2.24, 2.45) is 0 Å². The normalized spacial score (nSPS) is 11.3. The molecule has 0 aliphatic heterocycles. The van der Waals surface area contributed by atoms with E-state index in [1.807, 2.05) is 37.3 Å². The summed E-state index contributed by atoms with van der Waals surface area (Å²) in [5.41, 5.74) is 8.37. The van der Waals surface area contributed by atoms with Crippen LogP contribution < -0.4 is 0 Å². The lowest BCUT2D eigenvalue weighted by molar-refractivity contribution is -0.111. The Bertz CT molecular complexity index is 1030. The predicted molar refractivity (Wildman–Crippen MR) is 125 cm³/mol. The number of aryl methyl sites for hydroxylation is 2. The maximum absolute atomic E-state index is 12.3. The highest BCUT2D eigenvalue weighted by atomic mass is 16.1. The van der Waals surface area contributed by atoms with E-state index in [2.05, 4.69) is 62.0 Å². The van der Waals surface area contributed by atoms with Gasteiger partial charge in [-0.1, -0.05) is 92.7 Å². The summed E-state index contributed by atoms with van der Waals surface area (Å²) in [7, 11) is 0. The third-order valence-corrected chi connectivity index (χ3v) is 5.21. The molecule has 0 amide bonds. The first kappa shape index (κ1) is 20.5. The van der Waals surface area contributed by atoms with Crippen LogP contribution >= 0.6 is 0 Å². The molecule has 0 saturated carbocycles. The summed E-state index contributed by atoms with van der Waals surface area (Å²) in [5.74, 6) is 0.0456. The van der Waals surface area contributed by atoms with Gasteiger partial charge in [-0.15, -0.1) is 0 Å². The lowest BCUT2D eigenvalue weighted by Gasteiger charge is -2.10. The molecule has 0 saturated heterocycles. The molecule has 0 radical (unpaired) electrons. The molecule has 0 bridgehead atoms. The zero-order valence-electron chi connectivity index (χ0n) is 17.5. The molecule has 0 heterocycles. The molecular formula is C28H28O. The van der Waals surface area contributed by atoms with Gasteiger partial charge in [0, 0.05) is 5.57 Å². The zero-order valence-corrected chi connectivity index (χ0v) is 17.5. The van der Waals surface area contributed by atoms with Crippen LogP contribution in [-0.4, -0.2) is 5.78 Å². The monoisotopic (exact) mass is 380 g/mol. The van der Waals surface area contributed by atoms with Gasteiger partial charge in [0.05, 0.1) is 0 Å². The minimum Gasteiger partial charge on any atom is -0.294 e. The second-order valence-electron chi connectivity index (χ2n) is 7.48. The number of hydrogen-bond donors (Lipinski definition) is 0. The topological polar surface area (TPSA) is 17.1 Å². The molecule has 3 aromatic carbocycles. The minimum absolute atomic E-state index is 0.0456. The maximum atomic E-state index is 12.3.